The lowest BCUT2D eigenvalue weighted by Crippen LogP contribution is -2.00. The number of carbonyl (C=O) groups is 1. The Labute approximate surface area is 121 Å². The van der Waals surface area contributed by atoms with Crippen molar-refractivity contribution in [2.75, 3.05) is 0 Å². The zero-order chi connectivity index (χ0) is 14.2. The molecule has 1 aromatic carbocycles. The van der Waals surface area contributed by atoms with Gasteiger partial charge in [-0.25, -0.2) is 0 Å². The number of pyridine rings is 1. The van der Waals surface area contributed by atoms with Gasteiger partial charge in [-0.15, -0.1) is 0 Å². The largest absolute Gasteiger partial charge is 0.294 e. The van der Waals surface area contributed by atoms with E-state index in [1.165, 1.54) is 25.7 Å². The zero-order valence-corrected chi connectivity index (χ0v) is 12.3. The molecule has 1 heterocycles. The number of aromatic nitrogens is 1. The molecule has 0 N–H and O–H groups in total. The van der Waals surface area contributed by atoms with Gasteiger partial charge in [-0.2, -0.15) is 0 Å². The highest BCUT2D eigenvalue weighted by molar-refractivity contribution is 5.98. The van der Waals surface area contributed by atoms with Gasteiger partial charge < -0.3 is 0 Å². The first-order valence-electron chi connectivity index (χ1n) is 7.69. The Balaban J connectivity index is 1.84. The monoisotopic (exact) mass is 269 g/mol. The lowest BCUT2D eigenvalue weighted by Gasteiger charge is -2.03. The molecule has 0 aliphatic rings. The molecule has 0 bridgehead atoms. The van der Waals surface area contributed by atoms with Crippen LogP contribution in [0, 0.1) is 0 Å². The second-order valence-corrected chi connectivity index (χ2v) is 5.36. The van der Waals surface area contributed by atoms with Gasteiger partial charge in [-0.3, -0.25) is 9.78 Å². The number of hydrogen-bond acceptors (Lipinski definition) is 2. The molecule has 0 atom stereocenters. The molecule has 106 valence electrons. The average molecular weight is 269 g/mol. The molecule has 1 aromatic heterocycles. The molecule has 2 heteroatoms. The number of benzene rings is 1. The number of fused-ring (bicyclic) bond motifs is 1. The van der Waals surface area contributed by atoms with E-state index in [4.69, 9.17) is 0 Å². The SMILES string of the molecule is CCCCCCCCC(=O)c1cnc2ccccc2c1. The molecule has 0 amide bonds. The first kappa shape index (κ1) is 14.7. The summed E-state index contributed by atoms with van der Waals surface area (Å²) in [5, 5.41) is 1.04. The lowest BCUT2D eigenvalue weighted by molar-refractivity contribution is 0.0979. The Kier molecular flexibility index (Phi) is 5.72. The average Bonchev–Trinajstić information content (AvgIpc) is 2.50. The Bertz CT molecular complexity index is 562. The minimum absolute atomic E-state index is 0.221. The summed E-state index contributed by atoms with van der Waals surface area (Å²) >= 11 is 0. The number of Topliss-reactive ketones (excluding diaryl/α,β-unsaturated/α-hetero) is 1. The van der Waals surface area contributed by atoms with Gasteiger partial charge in [0.25, 0.3) is 0 Å². The van der Waals surface area contributed by atoms with Gasteiger partial charge in [0.1, 0.15) is 0 Å². The van der Waals surface area contributed by atoms with Gasteiger partial charge in [0.05, 0.1) is 5.52 Å². The van der Waals surface area contributed by atoms with Crippen LogP contribution in [0.5, 0.6) is 0 Å². The predicted molar refractivity (Wildman–Crippen MR) is 84.1 cm³/mol. The fourth-order valence-electron chi connectivity index (χ4n) is 2.43. The first-order chi connectivity index (χ1) is 9.81. The number of unbranched alkanes of at least 4 members (excludes halogenated alkanes) is 5. The molecule has 0 saturated heterocycles. The standard InChI is InChI=1S/C18H23NO/c1-2-3-4-5-6-7-12-18(20)16-13-15-10-8-9-11-17(15)19-14-16/h8-11,13-14H,2-7,12H2,1H3. The van der Waals surface area contributed by atoms with Crippen LogP contribution in [0.1, 0.15) is 62.2 Å². The Morgan fingerprint density at radius 2 is 1.80 bits per heavy atom. The van der Waals surface area contributed by atoms with Crippen LogP contribution in [-0.2, 0) is 0 Å². The van der Waals surface area contributed by atoms with Crippen molar-refractivity contribution in [2.24, 2.45) is 0 Å². The normalized spacial score (nSPS) is 10.8. The van der Waals surface area contributed by atoms with Gasteiger partial charge in [0, 0.05) is 23.6 Å². The van der Waals surface area contributed by atoms with Crippen molar-refractivity contribution in [1.82, 2.24) is 4.98 Å². The minimum Gasteiger partial charge on any atom is -0.294 e. The maximum atomic E-state index is 12.1. The number of ketones is 1. The van der Waals surface area contributed by atoms with E-state index in [1.54, 1.807) is 6.20 Å². The fourth-order valence-corrected chi connectivity index (χ4v) is 2.43. The molecule has 0 spiro atoms. The molecule has 0 radical (unpaired) electrons. The number of carbonyl (C=O) groups excluding carboxylic acids is 1. The second kappa shape index (κ2) is 7.78. The van der Waals surface area contributed by atoms with Crippen LogP contribution in [0.25, 0.3) is 10.9 Å². The van der Waals surface area contributed by atoms with E-state index in [9.17, 15) is 4.79 Å². The van der Waals surface area contributed by atoms with E-state index in [-0.39, 0.29) is 5.78 Å². The van der Waals surface area contributed by atoms with Crippen LogP contribution in [0.4, 0.5) is 0 Å². The van der Waals surface area contributed by atoms with Crippen molar-refractivity contribution in [3.8, 4) is 0 Å². The summed E-state index contributed by atoms with van der Waals surface area (Å²) in [6.45, 7) is 2.22. The second-order valence-electron chi connectivity index (χ2n) is 5.36. The minimum atomic E-state index is 0.221. The molecule has 0 aliphatic carbocycles. The quantitative estimate of drug-likeness (QED) is 0.489. The molecular formula is C18H23NO. The van der Waals surface area contributed by atoms with Crippen LogP contribution in [0.15, 0.2) is 36.5 Å². The van der Waals surface area contributed by atoms with Crippen LogP contribution in [0.3, 0.4) is 0 Å². The third-order valence-electron chi connectivity index (χ3n) is 3.67. The van der Waals surface area contributed by atoms with Gasteiger partial charge in [-0.1, -0.05) is 57.2 Å². The molecule has 2 rings (SSSR count). The molecule has 0 saturated carbocycles. The highest BCUT2D eigenvalue weighted by Crippen LogP contribution is 2.15. The summed E-state index contributed by atoms with van der Waals surface area (Å²) in [5.74, 6) is 0.221. The van der Waals surface area contributed by atoms with E-state index >= 15 is 0 Å². The van der Waals surface area contributed by atoms with Crippen LogP contribution >= 0.6 is 0 Å². The van der Waals surface area contributed by atoms with Crippen molar-refractivity contribution in [3.05, 3.63) is 42.1 Å². The Morgan fingerprint density at radius 1 is 1.05 bits per heavy atom. The lowest BCUT2D eigenvalue weighted by atomic mass is 10.0. The molecule has 0 unspecified atom stereocenters. The van der Waals surface area contributed by atoms with Gasteiger partial charge in [0.15, 0.2) is 5.78 Å². The summed E-state index contributed by atoms with van der Waals surface area (Å²) in [4.78, 5) is 16.5. The first-order valence-corrected chi connectivity index (χ1v) is 7.69. The van der Waals surface area contributed by atoms with Gasteiger partial charge >= 0.3 is 0 Å². The molecule has 0 fully saturated rings. The van der Waals surface area contributed by atoms with Crippen LogP contribution in [-0.4, -0.2) is 10.8 Å². The van der Waals surface area contributed by atoms with Crippen molar-refractivity contribution >= 4 is 16.7 Å². The molecule has 0 aliphatic heterocycles. The third-order valence-corrected chi connectivity index (χ3v) is 3.67. The topological polar surface area (TPSA) is 30.0 Å². The number of para-hydroxylation sites is 1. The van der Waals surface area contributed by atoms with E-state index in [0.29, 0.717) is 6.42 Å². The maximum Gasteiger partial charge on any atom is 0.164 e. The fraction of sp³-hybridized carbons (Fsp3) is 0.444. The van der Waals surface area contributed by atoms with Crippen LogP contribution < -0.4 is 0 Å². The number of rotatable bonds is 8. The zero-order valence-electron chi connectivity index (χ0n) is 12.3. The number of hydrogen-bond donors (Lipinski definition) is 0. The Morgan fingerprint density at radius 3 is 2.65 bits per heavy atom. The van der Waals surface area contributed by atoms with Gasteiger partial charge in [0.2, 0.25) is 0 Å². The van der Waals surface area contributed by atoms with Crippen LogP contribution in [0.2, 0.25) is 0 Å². The third kappa shape index (κ3) is 4.16. The maximum absolute atomic E-state index is 12.1. The summed E-state index contributed by atoms with van der Waals surface area (Å²) in [6, 6.07) is 9.88. The van der Waals surface area contributed by atoms with Crippen molar-refractivity contribution in [2.45, 2.75) is 51.9 Å². The Hall–Kier alpha value is -1.70. The molecular weight excluding hydrogens is 246 g/mol. The highest BCUT2D eigenvalue weighted by atomic mass is 16.1. The summed E-state index contributed by atoms with van der Waals surface area (Å²) < 4.78 is 0. The summed E-state index contributed by atoms with van der Waals surface area (Å²) in [5.41, 5.74) is 1.70. The highest BCUT2D eigenvalue weighted by Gasteiger charge is 2.07. The van der Waals surface area contributed by atoms with Crippen molar-refractivity contribution in [3.63, 3.8) is 0 Å². The number of nitrogens with zero attached hydrogens (tertiary/aromatic N) is 1. The summed E-state index contributed by atoms with van der Waals surface area (Å²) in [6.07, 6.45) is 9.62. The van der Waals surface area contributed by atoms with E-state index in [2.05, 4.69) is 11.9 Å². The van der Waals surface area contributed by atoms with E-state index in [0.717, 1.165) is 29.3 Å². The van der Waals surface area contributed by atoms with Gasteiger partial charge in [-0.05, 0) is 18.6 Å². The van der Waals surface area contributed by atoms with Crippen molar-refractivity contribution < 1.29 is 4.79 Å². The summed E-state index contributed by atoms with van der Waals surface area (Å²) in [7, 11) is 0. The molecule has 2 nitrogen and oxygen atoms in total. The van der Waals surface area contributed by atoms with Crippen molar-refractivity contribution in [1.29, 1.82) is 0 Å². The molecule has 2 aromatic rings. The smallest absolute Gasteiger partial charge is 0.164 e. The predicted octanol–water partition coefficient (Wildman–Crippen LogP) is 5.17. The van der Waals surface area contributed by atoms with E-state index in [1.807, 2.05) is 30.3 Å². The molecule has 20 heavy (non-hydrogen) atoms. The van der Waals surface area contributed by atoms with E-state index < -0.39 is 0 Å².